The SMILES string of the molecule is CCn1nc(C)cc1CCC(NC)C1CC1. The predicted octanol–water partition coefficient (Wildman–Crippen LogP) is 2.14. The molecule has 0 aliphatic heterocycles. The maximum absolute atomic E-state index is 4.49. The Morgan fingerprint density at radius 3 is 2.88 bits per heavy atom. The molecule has 0 bridgehead atoms. The second-order valence-corrected chi connectivity index (χ2v) is 4.86. The van der Waals surface area contributed by atoms with Crippen LogP contribution in [0.15, 0.2) is 6.07 Å². The zero-order valence-corrected chi connectivity index (χ0v) is 10.7. The van der Waals surface area contributed by atoms with Crippen LogP contribution in [-0.4, -0.2) is 22.9 Å². The van der Waals surface area contributed by atoms with Gasteiger partial charge in [0.15, 0.2) is 0 Å². The molecule has 3 nitrogen and oxygen atoms in total. The molecule has 1 atom stereocenters. The number of aryl methyl sites for hydroxylation is 3. The first-order valence-corrected chi connectivity index (χ1v) is 6.45. The van der Waals surface area contributed by atoms with Gasteiger partial charge in [0, 0.05) is 18.3 Å². The van der Waals surface area contributed by atoms with Gasteiger partial charge in [-0.15, -0.1) is 0 Å². The van der Waals surface area contributed by atoms with Crippen molar-refractivity contribution in [3.8, 4) is 0 Å². The Bertz CT molecular complexity index is 339. The van der Waals surface area contributed by atoms with Gasteiger partial charge < -0.3 is 5.32 Å². The highest BCUT2D eigenvalue weighted by Gasteiger charge is 2.29. The van der Waals surface area contributed by atoms with Gasteiger partial charge in [0.2, 0.25) is 0 Å². The lowest BCUT2D eigenvalue weighted by atomic mass is 10.1. The monoisotopic (exact) mass is 221 g/mol. The molecule has 3 heteroatoms. The molecule has 90 valence electrons. The summed E-state index contributed by atoms with van der Waals surface area (Å²) in [6.07, 6.45) is 5.22. The predicted molar refractivity (Wildman–Crippen MR) is 66.5 cm³/mol. The third kappa shape index (κ3) is 2.64. The molecule has 0 spiro atoms. The van der Waals surface area contributed by atoms with Gasteiger partial charge >= 0.3 is 0 Å². The van der Waals surface area contributed by atoms with Gasteiger partial charge in [-0.3, -0.25) is 4.68 Å². The lowest BCUT2D eigenvalue weighted by Crippen LogP contribution is -2.28. The van der Waals surface area contributed by atoms with Crippen LogP contribution in [0.2, 0.25) is 0 Å². The van der Waals surface area contributed by atoms with Crippen LogP contribution in [0.1, 0.15) is 37.6 Å². The van der Waals surface area contributed by atoms with Gasteiger partial charge in [0.05, 0.1) is 5.69 Å². The van der Waals surface area contributed by atoms with E-state index in [4.69, 9.17) is 0 Å². The summed E-state index contributed by atoms with van der Waals surface area (Å²) >= 11 is 0. The third-order valence-electron chi connectivity index (χ3n) is 3.56. The summed E-state index contributed by atoms with van der Waals surface area (Å²) in [6.45, 7) is 5.22. The molecule has 0 saturated heterocycles. The number of nitrogens with zero attached hydrogens (tertiary/aromatic N) is 2. The molecule has 1 unspecified atom stereocenters. The number of rotatable bonds is 6. The van der Waals surface area contributed by atoms with Crippen molar-refractivity contribution in [1.29, 1.82) is 0 Å². The fraction of sp³-hybridized carbons (Fsp3) is 0.769. The van der Waals surface area contributed by atoms with Crippen LogP contribution in [0.4, 0.5) is 0 Å². The molecule has 2 rings (SSSR count). The Balaban J connectivity index is 1.92. The first-order valence-electron chi connectivity index (χ1n) is 6.45. The molecule has 1 N–H and O–H groups in total. The average Bonchev–Trinajstić information content (AvgIpc) is 3.04. The standard InChI is InChI=1S/C13H23N3/c1-4-16-12(9-10(2)15-16)7-8-13(14-3)11-5-6-11/h9,11,13-14H,4-8H2,1-3H3. The van der Waals surface area contributed by atoms with Gasteiger partial charge in [-0.2, -0.15) is 5.10 Å². The molecule has 1 saturated carbocycles. The van der Waals surface area contributed by atoms with Crippen molar-refractivity contribution in [1.82, 2.24) is 15.1 Å². The Kier molecular flexibility index (Phi) is 3.64. The van der Waals surface area contributed by atoms with E-state index in [0.717, 1.165) is 24.6 Å². The maximum atomic E-state index is 4.49. The Morgan fingerprint density at radius 2 is 2.31 bits per heavy atom. The van der Waals surface area contributed by atoms with Crippen LogP contribution >= 0.6 is 0 Å². The van der Waals surface area contributed by atoms with Crippen LogP contribution in [-0.2, 0) is 13.0 Å². The van der Waals surface area contributed by atoms with E-state index < -0.39 is 0 Å². The fourth-order valence-corrected chi connectivity index (χ4v) is 2.49. The highest BCUT2D eigenvalue weighted by Crippen LogP contribution is 2.34. The van der Waals surface area contributed by atoms with E-state index in [1.165, 1.54) is 25.0 Å². The van der Waals surface area contributed by atoms with Crippen molar-refractivity contribution in [3.05, 3.63) is 17.5 Å². The summed E-state index contributed by atoms with van der Waals surface area (Å²) in [6, 6.07) is 2.93. The molecule has 0 aromatic carbocycles. The zero-order chi connectivity index (χ0) is 11.5. The molecule has 1 aromatic rings. The summed E-state index contributed by atoms with van der Waals surface area (Å²) in [5.41, 5.74) is 2.53. The van der Waals surface area contributed by atoms with Crippen LogP contribution < -0.4 is 5.32 Å². The summed E-state index contributed by atoms with van der Waals surface area (Å²) in [7, 11) is 2.09. The van der Waals surface area contributed by atoms with E-state index in [2.05, 4.69) is 42.1 Å². The van der Waals surface area contributed by atoms with E-state index in [1.807, 2.05) is 0 Å². The van der Waals surface area contributed by atoms with Crippen LogP contribution in [0.25, 0.3) is 0 Å². The average molecular weight is 221 g/mol. The molecule has 1 fully saturated rings. The van der Waals surface area contributed by atoms with Gasteiger partial charge in [0.1, 0.15) is 0 Å². The smallest absolute Gasteiger partial charge is 0.0596 e. The summed E-state index contributed by atoms with van der Waals surface area (Å²) < 4.78 is 2.13. The second kappa shape index (κ2) is 5.00. The van der Waals surface area contributed by atoms with Crippen LogP contribution in [0.5, 0.6) is 0 Å². The lowest BCUT2D eigenvalue weighted by molar-refractivity contribution is 0.461. The Morgan fingerprint density at radius 1 is 1.56 bits per heavy atom. The van der Waals surface area contributed by atoms with Gasteiger partial charge in [0.25, 0.3) is 0 Å². The first kappa shape index (κ1) is 11.6. The van der Waals surface area contributed by atoms with Crippen molar-refractivity contribution < 1.29 is 0 Å². The minimum Gasteiger partial charge on any atom is -0.317 e. The van der Waals surface area contributed by atoms with E-state index >= 15 is 0 Å². The molecule has 1 aliphatic rings. The quantitative estimate of drug-likeness (QED) is 0.797. The molecule has 1 aliphatic carbocycles. The van der Waals surface area contributed by atoms with Crippen LogP contribution in [0, 0.1) is 12.8 Å². The number of aromatic nitrogens is 2. The Labute approximate surface area is 98.2 Å². The first-order chi connectivity index (χ1) is 7.74. The molecule has 0 amide bonds. The van der Waals surface area contributed by atoms with Gasteiger partial charge in [-0.25, -0.2) is 0 Å². The van der Waals surface area contributed by atoms with E-state index in [0.29, 0.717) is 6.04 Å². The lowest BCUT2D eigenvalue weighted by Gasteiger charge is -2.15. The molecule has 0 radical (unpaired) electrons. The highest BCUT2D eigenvalue weighted by atomic mass is 15.3. The van der Waals surface area contributed by atoms with Crippen molar-refractivity contribution in [2.45, 2.75) is 52.1 Å². The minimum absolute atomic E-state index is 0.709. The largest absolute Gasteiger partial charge is 0.317 e. The van der Waals surface area contributed by atoms with Crippen LogP contribution in [0.3, 0.4) is 0 Å². The summed E-state index contributed by atoms with van der Waals surface area (Å²) in [5, 5.41) is 7.94. The van der Waals surface area contributed by atoms with E-state index in [-0.39, 0.29) is 0 Å². The van der Waals surface area contributed by atoms with Crippen molar-refractivity contribution in [2.75, 3.05) is 7.05 Å². The zero-order valence-electron chi connectivity index (χ0n) is 10.7. The highest BCUT2D eigenvalue weighted by molar-refractivity contribution is 5.09. The van der Waals surface area contributed by atoms with Gasteiger partial charge in [-0.05, 0) is 58.6 Å². The number of hydrogen-bond acceptors (Lipinski definition) is 2. The molecule has 16 heavy (non-hydrogen) atoms. The van der Waals surface area contributed by atoms with Gasteiger partial charge in [-0.1, -0.05) is 0 Å². The van der Waals surface area contributed by atoms with Crippen molar-refractivity contribution in [2.24, 2.45) is 5.92 Å². The summed E-state index contributed by atoms with van der Waals surface area (Å²) in [5.74, 6) is 0.934. The van der Waals surface area contributed by atoms with E-state index in [1.54, 1.807) is 0 Å². The fourth-order valence-electron chi connectivity index (χ4n) is 2.49. The maximum Gasteiger partial charge on any atom is 0.0596 e. The van der Waals surface area contributed by atoms with Crippen molar-refractivity contribution in [3.63, 3.8) is 0 Å². The molecular weight excluding hydrogens is 198 g/mol. The topological polar surface area (TPSA) is 29.9 Å². The third-order valence-corrected chi connectivity index (χ3v) is 3.56. The minimum atomic E-state index is 0.709. The second-order valence-electron chi connectivity index (χ2n) is 4.86. The molecule has 1 aromatic heterocycles. The van der Waals surface area contributed by atoms with E-state index in [9.17, 15) is 0 Å². The van der Waals surface area contributed by atoms with Crippen molar-refractivity contribution >= 4 is 0 Å². The Hall–Kier alpha value is -0.830. The molecular formula is C13H23N3. The summed E-state index contributed by atoms with van der Waals surface area (Å²) in [4.78, 5) is 0. The number of hydrogen-bond donors (Lipinski definition) is 1. The normalized spacial score (nSPS) is 17.7. The number of nitrogens with one attached hydrogen (secondary N) is 1. The molecule has 1 heterocycles.